The highest BCUT2D eigenvalue weighted by molar-refractivity contribution is 9.10. The molecule has 0 spiro atoms. The van der Waals surface area contributed by atoms with E-state index in [2.05, 4.69) is 51.5 Å². The number of benzene rings is 3. The van der Waals surface area contributed by atoms with E-state index in [4.69, 9.17) is 4.74 Å². The highest BCUT2D eigenvalue weighted by Gasteiger charge is 2.16. The molecule has 1 N–H and O–H groups in total. The average Bonchev–Trinajstić information content (AvgIpc) is 3.06. The van der Waals surface area contributed by atoms with Crippen LogP contribution in [0, 0.1) is 20.8 Å². The minimum absolute atomic E-state index is 0.158. The number of halogens is 1. The number of amides is 1. The number of hydrogen-bond acceptors (Lipinski definition) is 3. The number of aromatic nitrogens is 2. The number of carbonyl (C=O) groups excluding carboxylic acids is 1. The molecule has 4 aromatic rings. The third kappa shape index (κ3) is 5.52. The second-order valence-electron chi connectivity index (χ2n) is 8.06. The van der Waals surface area contributed by atoms with Gasteiger partial charge in [-0.25, -0.2) is 0 Å². The summed E-state index contributed by atoms with van der Waals surface area (Å²) in [7, 11) is 0. The van der Waals surface area contributed by atoms with Crippen LogP contribution >= 0.6 is 15.9 Å². The molecule has 5 nitrogen and oxygen atoms in total. The predicted octanol–water partition coefficient (Wildman–Crippen LogP) is 6.45. The van der Waals surface area contributed by atoms with Crippen molar-refractivity contribution in [1.82, 2.24) is 9.78 Å². The van der Waals surface area contributed by atoms with E-state index in [1.54, 1.807) is 0 Å². The Balaban J connectivity index is 1.42. The summed E-state index contributed by atoms with van der Waals surface area (Å²) in [5.41, 5.74) is 6.46. The molecule has 0 radical (unpaired) electrons. The zero-order chi connectivity index (χ0) is 23.4. The van der Waals surface area contributed by atoms with Gasteiger partial charge in [-0.05, 0) is 72.1 Å². The number of anilines is 1. The fourth-order valence-corrected chi connectivity index (χ4v) is 4.08. The van der Waals surface area contributed by atoms with Gasteiger partial charge in [0.15, 0.2) is 0 Å². The maximum atomic E-state index is 12.9. The van der Waals surface area contributed by atoms with Gasteiger partial charge < -0.3 is 10.1 Å². The quantitative estimate of drug-likeness (QED) is 0.315. The molecule has 1 amide bonds. The first-order valence-electron chi connectivity index (χ1n) is 10.8. The average molecular weight is 504 g/mol. The normalized spacial score (nSPS) is 10.8. The minimum Gasteiger partial charge on any atom is -0.488 e. The number of nitrogens with zero attached hydrogens (tertiary/aromatic N) is 2. The second kappa shape index (κ2) is 10.0. The molecule has 4 rings (SSSR count). The van der Waals surface area contributed by atoms with Crippen molar-refractivity contribution in [3.05, 3.63) is 111 Å². The molecule has 0 saturated carbocycles. The van der Waals surface area contributed by atoms with Gasteiger partial charge in [0.2, 0.25) is 0 Å². The van der Waals surface area contributed by atoms with Gasteiger partial charge in [-0.1, -0.05) is 54.1 Å². The molecule has 3 aromatic carbocycles. The van der Waals surface area contributed by atoms with Crippen LogP contribution in [0.15, 0.2) is 77.3 Å². The van der Waals surface area contributed by atoms with Crippen LogP contribution in [0.2, 0.25) is 0 Å². The van der Waals surface area contributed by atoms with Crippen LogP contribution in [0.1, 0.15) is 38.4 Å². The fourth-order valence-electron chi connectivity index (χ4n) is 3.68. The van der Waals surface area contributed by atoms with Gasteiger partial charge in [-0.3, -0.25) is 9.48 Å². The monoisotopic (exact) mass is 503 g/mol. The number of aryl methyl sites for hydroxylation is 2. The second-order valence-corrected chi connectivity index (χ2v) is 8.92. The predicted molar refractivity (Wildman–Crippen MR) is 135 cm³/mol. The Kier molecular flexibility index (Phi) is 6.94. The third-order valence-corrected chi connectivity index (χ3v) is 6.14. The van der Waals surface area contributed by atoms with Crippen LogP contribution in [-0.2, 0) is 13.2 Å². The number of ether oxygens (including phenoxy) is 1. The molecule has 1 aromatic heterocycles. The molecule has 1 heterocycles. The number of para-hydroxylation sites is 1. The molecule has 0 unspecified atom stereocenters. The van der Waals surface area contributed by atoms with Crippen molar-refractivity contribution < 1.29 is 9.53 Å². The maximum Gasteiger partial charge on any atom is 0.255 e. The highest BCUT2D eigenvalue weighted by Crippen LogP contribution is 2.25. The lowest BCUT2D eigenvalue weighted by atomic mass is 10.1. The number of hydrogen-bond donors (Lipinski definition) is 1. The summed E-state index contributed by atoms with van der Waals surface area (Å²) in [5, 5.41) is 7.68. The molecule has 0 saturated heterocycles. The Labute approximate surface area is 202 Å². The van der Waals surface area contributed by atoms with Crippen LogP contribution in [-0.4, -0.2) is 15.7 Å². The summed E-state index contributed by atoms with van der Waals surface area (Å²) in [5.74, 6) is 0.627. The van der Waals surface area contributed by atoms with Crippen LogP contribution in [0.5, 0.6) is 5.75 Å². The summed E-state index contributed by atoms with van der Waals surface area (Å²) >= 11 is 3.48. The van der Waals surface area contributed by atoms with E-state index in [1.807, 2.05) is 73.1 Å². The van der Waals surface area contributed by atoms with Gasteiger partial charge in [0.25, 0.3) is 5.91 Å². The van der Waals surface area contributed by atoms with E-state index < -0.39 is 0 Å². The van der Waals surface area contributed by atoms with Gasteiger partial charge in [-0.2, -0.15) is 5.10 Å². The molecular weight excluding hydrogens is 478 g/mol. The summed E-state index contributed by atoms with van der Waals surface area (Å²) in [4.78, 5) is 12.9. The molecule has 168 valence electrons. The molecule has 0 bridgehead atoms. The van der Waals surface area contributed by atoms with Crippen molar-refractivity contribution in [2.24, 2.45) is 0 Å². The Morgan fingerprint density at radius 3 is 2.45 bits per heavy atom. The molecule has 0 aliphatic rings. The lowest BCUT2D eigenvalue weighted by molar-refractivity contribution is 0.102. The SMILES string of the molecule is Cc1cccc(Cn2nc(C)c(NC(=O)c3ccc(COc4ccccc4Br)cc3)c2C)c1. The Morgan fingerprint density at radius 1 is 0.970 bits per heavy atom. The Bertz CT molecular complexity index is 1280. The van der Waals surface area contributed by atoms with E-state index in [0.29, 0.717) is 18.7 Å². The molecule has 0 aliphatic carbocycles. The number of carbonyl (C=O) groups is 1. The highest BCUT2D eigenvalue weighted by atomic mass is 79.9. The molecule has 0 fully saturated rings. The standard InChI is InChI=1S/C27H26BrN3O2/c1-18-7-6-8-22(15-18)16-31-20(3)26(19(2)30-31)29-27(32)23-13-11-21(12-14-23)17-33-25-10-5-4-9-24(25)28/h4-15H,16-17H2,1-3H3,(H,29,32). The number of nitrogens with one attached hydrogen (secondary N) is 1. The van der Waals surface area contributed by atoms with Crippen molar-refractivity contribution in [2.75, 3.05) is 5.32 Å². The van der Waals surface area contributed by atoms with Crippen molar-refractivity contribution in [2.45, 2.75) is 33.9 Å². The van der Waals surface area contributed by atoms with Crippen LogP contribution in [0.25, 0.3) is 0 Å². The van der Waals surface area contributed by atoms with Gasteiger partial charge in [0.1, 0.15) is 12.4 Å². The maximum absolute atomic E-state index is 12.9. The van der Waals surface area contributed by atoms with E-state index in [0.717, 1.165) is 32.9 Å². The van der Waals surface area contributed by atoms with Crippen LogP contribution in [0.3, 0.4) is 0 Å². The summed E-state index contributed by atoms with van der Waals surface area (Å²) in [6, 6.07) is 23.5. The fraction of sp³-hybridized carbons (Fsp3) is 0.185. The largest absolute Gasteiger partial charge is 0.488 e. The lowest BCUT2D eigenvalue weighted by Crippen LogP contribution is -2.13. The first kappa shape index (κ1) is 22.8. The third-order valence-electron chi connectivity index (χ3n) is 5.48. The smallest absolute Gasteiger partial charge is 0.255 e. The van der Waals surface area contributed by atoms with Gasteiger partial charge in [0.05, 0.1) is 28.1 Å². The van der Waals surface area contributed by atoms with E-state index in [1.165, 1.54) is 11.1 Å². The van der Waals surface area contributed by atoms with E-state index >= 15 is 0 Å². The van der Waals surface area contributed by atoms with Crippen molar-refractivity contribution in [1.29, 1.82) is 0 Å². The van der Waals surface area contributed by atoms with Crippen molar-refractivity contribution in [3.8, 4) is 5.75 Å². The molecule has 33 heavy (non-hydrogen) atoms. The molecule has 0 atom stereocenters. The molecule has 6 heteroatoms. The lowest BCUT2D eigenvalue weighted by Gasteiger charge is -2.10. The zero-order valence-electron chi connectivity index (χ0n) is 18.9. The van der Waals surface area contributed by atoms with Crippen molar-refractivity contribution >= 4 is 27.5 Å². The van der Waals surface area contributed by atoms with Gasteiger partial charge in [0, 0.05) is 5.56 Å². The van der Waals surface area contributed by atoms with E-state index in [-0.39, 0.29) is 5.91 Å². The summed E-state index contributed by atoms with van der Waals surface area (Å²) in [6.45, 7) is 7.06. The zero-order valence-corrected chi connectivity index (χ0v) is 20.5. The summed E-state index contributed by atoms with van der Waals surface area (Å²) in [6.07, 6.45) is 0. The topological polar surface area (TPSA) is 56.2 Å². The van der Waals surface area contributed by atoms with Gasteiger partial charge in [-0.15, -0.1) is 0 Å². The Hall–Kier alpha value is -3.38. The first-order chi connectivity index (χ1) is 15.9. The Morgan fingerprint density at radius 2 is 1.73 bits per heavy atom. The number of rotatable bonds is 7. The minimum atomic E-state index is -0.158. The van der Waals surface area contributed by atoms with Crippen molar-refractivity contribution in [3.63, 3.8) is 0 Å². The molecule has 0 aliphatic heterocycles. The van der Waals surface area contributed by atoms with Crippen LogP contribution < -0.4 is 10.1 Å². The summed E-state index contributed by atoms with van der Waals surface area (Å²) < 4.78 is 8.69. The first-order valence-corrected chi connectivity index (χ1v) is 11.6. The van der Waals surface area contributed by atoms with Gasteiger partial charge >= 0.3 is 0 Å². The van der Waals surface area contributed by atoms with E-state index in [9.17, 15) is 4.79 Å². The van der Waals surface area contributed by atoms with Crippen LogP contribution in [0.4, 0.5) is 5.69 Å². The molecular formula is C27H26BrN3O2.